The highest BCUT2D eigenvalue weighted by Gasteiger charge is 1.98. The zero-order chi connectivity index (χ0) is 18.6. The number of hydrogen-bond acceptors (Lipinski definition) is 2. The van der Waals surface area contributed by atoms with Crippen LogP contribution < -0.4 is 5.73 Å². The van der Waals surface area contributed by atoms with Crippen LogP contribution in [0.15, 0.2) is 90.2 Å². The van der Waals surface area contributed by atoms with Gasteiger partial charge in [-0.3, -0.25) is 0 Å². The highest BCUT2D eigenvalue weighted by Crippen LogP contribution is 2.12. The molecular formula is C24H29NO. The topological polar surface area (TPSA) is 35.2 Å². The van der Waals surface area contributed by atoms with Gasteiger partial charge in [-0.05, 0) is 62.1 Å². The largest absolute Gasteiger partial charge is 0.489 e. The van der Waals surface area contributed by atoms with Crippen molar-refractivity contribution in [3.8, 4) is 0 Å². The molecule has 0 aliphatic rings. The molecule has 0 heterocycles. The Morgan fingerprint density at radius 1 is 0.962 bits per heavy atom. The van der Waals surface area contributed by atoms with E-state index in [4.69, 9.17) is 10.5 Å². The SMILES string of the molecule is C\C=C/C(=C\C(C)=C\Cc1ccc(CCN)cc1)OCc1ccccc1. The molecule has 0 aromatic heterocycles. The first-order valence-corrected chi connectivity index (χ1v) is 9.17. The summed E-state index contributed by atoms with van der Waals surface area (Å²) in [6.45, 7) is 5.38. The molecule has 2 aromatic carbocycles. The second-order valence-corrected chi connectivity index (χ2v) is 6.33. The maximum Gasteiger partial charge on any atom is 0.119 e. The van der Waals surface area contributed by atoms with E-state index in [-0.39, 0.29) is 0 Å². The van der Waals surface area contributed by atoms with E-state index >= 15 is 0 Å². The molecule has 0 radical (unpaired) electrons. The molecule has 0 amide bonds. The van der Waals surface area contributed by atoms with E-state index in [2.05, 4.69) is 55.5 Å². The Labute approximate surface area is 157 Å². The first-order chi connectivity index (χ1) is 12.7. The Balaban J connectivity index is 1.97. The van der Waals surface area contributed by atoms with Crippen LogP contribution >= 0.6 is 0 Å². The van der Waals surface area contributed by atoms with E-state index in [0.29, 0.717) is 13.2 Å². The Hall–Kier alpha value is -2.58. The first-order valence-electron chi connectivity index (χ1n) is 9.17. The standard InChI is InChI=1S/C24H29NO/c1-3-7-24(26-19-23-8-5-4-6-9-23)18-20(2)10-11-21-12-14-22(15-13-21)16-17-25/h3-10,12-15,18H,11,16-17,19,25H2,1-2H3/b7-3-,20-10+,24-18+. The molecule has 26 heavy (non-hydrogen) atoms. The molecule has 0 bridgehead atoms. The highest BCUT2D eigenvalue weighted by molar-refractivity contribution is 5.29. The van der Waals surface area contributed by atoms with Gasteiger partial charge in [-0.1, -0.05) is 72.3 Å². The molecule has 0 unspecified atom stereocenters. The van der Waals surface area contributed by atoms with Gasteiger partial charge in [0.2, 0.25) is 0 Å². The van der Waals surface area contributed by atoms with Crippen molar-refractivity contribution < 1.29 is 4.74 Å². The fourth-order valence-corrected chi connectivity index (χ4v) is 2.61. The number of ether oxygens (including phenoxy) is 1. The summed E-state index contributed by atoms with van der Waals surface area (Å²) < 4.78 is 5.96. The lowest BCUT2D eigenvalue weighted by Crippen LogP contribution is -2.02. The van der Waals surface area contributed by atoms with Gasteiger partial charge in [-0.25, -0.2) is 0 Å². The molecule has 0 saturated heterocycles. The molecule has 2 heteroatoms. The minimum atomic E-state index is 0.576. The summed E-state index contributed by atoms with van der Waals surface area (Å²) in [7, 11) is 0. The van der Waals surface area contributed by atoms with Crippen molar-refractivity contribution in [2.75, 3.05) is 6.54 Å². The first kappa shape index (κ1) is 19.7. The summed E-state index contributed by atoms with van der Waals surface area (Å²) >= 11 is 0. The maximum atomic E-state index is 5.96. The summed E-state index contributed by atoms with van der Waals surface area (Å²) in [5, 5.41) is 0. The fourth-order valence-electron chi connectivity index (χ4n) is 2.61. The molecule has 2 nitrogen and oxygen atoms in total. The van der Waals surface area contributed by atoms with Gasteiger partial charge < -0.3 is 10.5 Å². The number of benzene rings is 2. The second kappa shape index (κ2) is 11.1. The van der Waals surface area contributed by atoms with Gasteiger partial charge in [0.05, 0.1) is 0 Å². The summed E-state index contributed by atoms with van der Waals surface area (Å²) in [6.07, 6.45) is 10.2. The molecule has 0 fully saturated rings. The lowest BCUT2D eigenvalue weighted by Gasteiger charge is -2.08. The van der Waals surface area contributed by atoms with E-state index in [9.17, 15) is 0 Å². The summed E-state index contributed by atoms with van der Waals surface area (Å²) in [6, 6.07) is 18.9. The van der Waals surface area contributed by atoms with Crippen LogP contribution in [0, 0.1) is 0 Å². The van der Waals surface area contributed by atoms with Crippen molar-refractivity contribution in [1.29, 1.82) is 0 Å². The normalized spacial score (nSPS) is 12.6. The highest BCUT2D eigenvalue weighted by atomic mass is 16.5. The minimum absolute atomic E-state index is 0.576. The Bertz CT molecular complexity index is 740. The van der Waals surface area contributed by atoms with Crippen LogP contribution in [0.4, 0.5) is 0 Å². The van der Waals surface area contributed by atoms with Crippen LogP contribution in [0.1, 0.15) is 30.5 Å². The van der Waals surface area contributed by atoms with E-state index in [0.717, 1.165) is 18.6 Å². The molecule has 136 valence electrons. The van der Waals surface area contributed by atoms with Crippen molar-refractivity contribution in [2.24, 2.45) is 5.73 Å². The zero-order valence-electron chi connectivity index (χ0n) is 15.8. The fraction of sp³-hybridized carbons (Fsp3) is 0.250. The van der Waals surface area contributed by atoms with E-state index in [1.165, 1.54) is 22.3 Å². The van der Waals surface area contributed by atoms with E-state index < -0.39 is 0 Å². The summed E-state index contributed by atoms with van der Waals surface area (Å²) in [4.78, 5) is 0. The van der Waals surface area contributed by atoms with Gasteiger partial charge in [0.1, 0.15) is 12.4 Å². The van der Waals surface area contributed by atoms with Crippen molar-refractivity contribution in [3.05, 3.63) is 107 Å². The lowest BCUT2D eigenvalue weighted by atomic mass is 10.1. The zero-order valence-corrected chi connectivity index (χ0v) is 15.8. The number of nitrogens with two attached hydrogens (primary N) is 1. The third-order valence-corrected chi connectivity index (χ3v) is 4.06. The van der Waals surface area contributed by atoms with Gasteiger partial charge >= 0.3 is 0 Å². The third-order valence-electron chi connectivity index (χ3n) is 4.06. The van der Waals surface area contributed by atoms with Crippen LogP contribution in [-0.4, -0.2) is 6.54 Å². The number of rotatable bonds is 9. The average molecular weight is 348 g/mol. The van der Waals surface area contributed by atoms with Crippen LogP contribution in [0.3, 0.4) is 0 Å². The molecule has 0 atom stereocenters. The smallest absolute Gasteiger partial charge is 0.119 e. The summed E-state index contributed by atoms with van der Waals surface area (Å²) in [5.74, 6) is 0.878. The molecule has 2 rings (SSSR count). The van der Waals surface area contributed by atoms with Crippen LogP contribution in [-0.2, 0) is 24.2 Å². The van der Waals surface area contributed by atoms with Crippen LogP contribution in [0.25, 0.3) is 0 Å². The maximum absolute atomic E-state index is 5.96. The molecule has 0 aliphatic heterocycles. The van der Waals surface area contributed by atoms with Gasteiger partial charge in [0.25, 0.3) is 0 Å². The number of hydrogen-bond donors (Lipinski definition) is 1. The molecule has 0 saturated carbocycles. The molecule has 2 N–H and O–H groups in total. The Morgan fingerprint density at radius 2 is 1.65 bits per heavy atom. The quantitative estimate of drug-likeness (QED) is 0.490. The van der Waals surface area contributed by atoms with Gasteiger partial charge in [-0.2, -0.15) is 0 Å². The predicted molar refractivity (Wildman–Crippen MR) is 111 cm³/mol. The summed E-state index contributed by atoms with van der Waals surface area (Å²) in [5.41, 5.74) is 10.6. The Morgan fingerprint density at radius 3 is 2.31 bits per heavy atom. The lowest BCUT2D eigenvalue weighted by molar-refractivity contribution is 0.211. The second-order valence-electron chi connectivity index (χ2n) is 6.33. The van der Waals surface area contributed by atoms with Gasteiger partial charge in [0.15, 0.2) is 0 Å². The van der Waals surface area contributed by atoms with Crippen molar-refractivity contribution in [1.82, 2.24) is 0 Å². The Kier molecular flexibility index (Phi) is 8.44. The third kappa shape index (κ3) is 7.12. The monoisotopic (exact) mass is 347 g/mol. The molecular weight excluding hydrogens is 318 g/mol. The van der Waals surface area contributed by atoms with Crippen molar-refractivity contribution in [2.45, 2.75) is 33.3 Å². The molecule has 0 spiro atoms. The van der Waals surface area contributed by atoms with Gasteiger partial charge in [0, 0.05) is 0 Å². The van der Waals surface area contributed by atoms with Crippen LogP contribution in [0.2, 0.25) is 0 Å². The van der Waals surface area contributed by atoms with Crippen molar-refractivity contribution >= 4 is 0 Å². The van der Waals surface area contributed by atoms with Crippen molar-refractivity contribution in [3.63, 3.8) is 0 Å². The van der Waals surface area contributed by atoms with E-state index in [1.807, 2.05) is 37.3 Å². The minimum Gasteiger partial charge on any atom is -0.489 e. The average Bonchev–Trinajstić information content (AvgIpc) is 2.67. The van der Waals surface area contributed by atoms with Crippen LogP contribution in [0.5, 0.6) is 0 Å². The predicted octanol–water partition coefficient (Wildman–Crippen LogP) is 5.35. The van der Waals surface area contributed by atoms with Gasteiger partial charge in [-0.15, -0.1) is 0 Å². The number of allylic oxidation sites excluding steroid dienone is 5. The molecule has 0 aliphatic carbocycles. The molecule has 2 aromatic rings. The van der Waals surface area contributed by atoms with E-state index in [1.54, 1.807) is 0 Å².